The van der Waals surface area contributed by atoms with Crippen molar-refractivity contribution in [3.8, 4) is 84.1 Å². The van der Waals surface area contributed by atoms with Crippen molar-refractivity contribution < 1.29 is 0 Å². The summed E-state index contributed by atoms with van der Waals surface area (Å²) < 4.78 is 12.4. The fraction of sp³-hybridized carbons (Fsp3) is 0.0320. The lowest BCUT2D eigenvalue weighted by Gasteiger charge is -2.26. The summed E-state index contributed by atoms with van der Waals surface area (Å²) in [7, 11) is 0. The third kappa shape index (κ3) is 9.45. The second kappa shape index (κ2) is 27.2. The molecule has 6 nitrogen and oxygen atoms in total. The number of fused-ring (bicyclic) bond motifs is 40. The van der Waals surface area contributed by atoms with E-state index in [-0.39, 0.29) is 6.71 Å². The van der Waals surface area contributed by atoms with Crippen molar-refractivity contribution >= 4 is 230 Å². The van der Waals surface area contributed by atoms with Gasteiger partial charge in [-0.1, -0.05) is 367 Å². The molecule has 10 aliphatic heterocycles. The van der Waals surface area contributed by atoms with Crippen molar-refractivity contribution in [2.75, 3.05) is 0 Å². The Morgan fingerprint density at radius 1 is 0.206 bits per heavy atom. The molecule has 35 rings (SSSR count). The van der Waals surface area contributed by atoms with Crippen LogP contribution in [0.1, 0.15) is 22.3 Å². The molecule has 0 aliphatic carbocycles. The first-order chi connectivity index (χ1) is 67.2. The summed E-state index contributed by atoms with van der Waals surface area (Å²) in [5.41, 5.74) is 61.5. The molecule has 25 aromatic rings. The Kier molecular flexibility index (Phi) is 15.0. The third-order valence-electron chi connectivity index (χ3n) is 32.5. The van der Waals surface area contributed by atoms with Crippen LogP contribution < -0.4 is 81.9 Å². The molecule has 0 unspecified atom stereocenters. The van der Waals surface area contributed by atoms with Crippen LogP contribution in [0.2, 0.25) is 0 Å². The molecule has 10 aliphatic rings. The van der Waals surface area contributed by atoms with Gasteiger partial charge in [0.05, 0.1) is 28.6 Å². The lowest BCUT2D eigenvalue weighted by atomic mass is 9.37. The number of aryl methyl sites for hydroxylation is 4. The quantitative estimate of drug-likeness (QED) is 0.107. The highest BCUT2D eigenvalue weighted by molar-refractivity contribution is 7.04. The maximum absolute atomic E-state index is 7.68. The molecular weight excluding hydrogens is 1640 g/mol. The van der Waals surface area contributed by atoms with Crippen LogP contribution >= 0.6 is 0 Å². The average molecular weight is 1720 g/mol. The lowest BCUT2D eigenvalue weighted by Crippen LogP contribution is -2.53. The maximum atomic E-state index is 7.68. The number of hydrogen-bond donors (Lipinski definition) is 0. The number of rotatable bonds is 0. The minimum Gasteiger partial charge on any atom is -0.312 e. The van der Waals surface area contributed by atoms with Gasteiger partial charge in [-0.3, -0.25) is 0 Å². The summed E-state index contributed by atoms with van der Waals surface area (Å²) in [5.74, 6) is 0. The summed E-state index contributed by atoms with van der Waals surface area (Å²) in [6.07, 6.45) is 0. The van der Waals surface area contributed by atoms with Gasteiger partial charge in [-0.25, -0.2) is 4.85 Å². The van der Waals surface area contributed by atoms with E-state index >= 15 is 0 Å². The number of aromatic nitrogens is 5. The van der Waals surface area contributed by atoms with Crippen LogP contribution in [0.5, 0.6) is 0 Å². The van der Waals surface area contributed by atoms with E-state index in [1.54, 1.807) is 0 Å². The second-order valence-corrected chi connectivity index (χ2v) is 38.9. The van der Waals surface area contributed by atoms with Crippen LogP contribution in [0.4, 0.5) is 5.69 Å². The van der Waals surface area contributed by atoms with Gasteiger partial charge in [-0.05, 0) is 220 Å². The Morgan fingerprint density at radius 3 is 1.08 bits per heavy atom. The molecule has 5 aromatic heterocycles. The van der Waals surface area contributed by atoms with E-state index in [4.69, 9.17) is 6.57 Å². The van der Waals surface area contributed by atoms with Crippen LogP contribution in [-0.2, 0) is 0 Å². The fourth-order valence-electron chi connectivity index (χ4n) is 27.6. The van der Waals surface area contributed by atoms with Gasteiger partial charge in [0.25, 0.3) is 0 Å². The first-order valence-corrected chi connectivity index (χ1v) is 47.9. The molecule has 622 valence electrons. The minimum atomic E-state index is 0.263. The SMILES string of the molecule is Cc1cc2c3c(c1)-n1c4ccccc4c4cccc(c41)B3c1ccccc1-2.Cc1ccc2c3c1-c1ccccc1B3c1cccc3c4ccccc4n-2c13.Cc1ccc2c3c1-n1c4ccccc4c4cccc(c41)B3c1ccccc1-2.Cc1cccc2c1-c1cccc3c1B2c1cccc2c4ccccc4n-3c12.[C-]#[N+]c1cccc2c1c1cccc3c1n2-c1cccc2c1B3c1ccccc1-2. The Morgan fingerprint density at radius 2 is 0.537 bits per heavy atom. The normalized spacial score (nSPS) is 13.2. The topological polar surface area (TPSA) is 29.0 Å². The molecule has 0 atom stereocenters. The Bertz CT molecular complexity index is 9900. The fourth-order valence-corrected chi connectivity index (χ4v) is 27.6. The summed E-state index contributed by atoms with van der Waals surface area (Å²) in [5, 5.41) is 13.1. The van der Waals surface area contributed by atoms with Crippen molar-refractivity contribution in [3.63, 3.8) is 0 Å². The number of benzene rings is 20. The van der Waals surface area contributed by atoms with Crippen LogP contribution in [0, 0.1) is 34.3 Å². The molecule has 11 heteroatoms. The average Bonchev–Trinajstić information content (AvgIpc) is 1.53. The molecule has 0 amide bonds. The molecule has 0 N–H and O–H groups in total. The largest absolute Gasteiger partial charge is 0.312 e. The van der Waals surface area contributed by atoms with Gasteiger partial charge < -0.3 is 22.8 Å². The number of nitrogens with zero attached hydrogens (tertiary/aromatic N) is 6. The number of hydrogen-bond acceptors (Lipinski definition) is 0. The van der Waals surface area contributed by atoms with Crippen molar-refractivity contribution in [2.24, 2.45) is 0 Å². The van der Waals surface area contributed by atoms with E-state index in [0.717, 1.165) is 16.6 Å². The van der Waals surface area contributed by atoms with Gasteiger partial charge in [-0.15, -0.1) is 0 Å². The molecule has 15 heterocycles. The maximum Gasteiger partial charge on any atom is 0.248 e. The van der Waals surface area contributed by atoms with Gasteiger partial charge in [0.1, 0.15) is 0 Å². The molecule has 20 aromatic carbocycles. The lowest BCUT2D eigenvalue weighted by molar-refractivity contribution is 1.16. The first-order valence-electron chi connectivity index (χ1n) is 47.9. The van der Waals surface area contributed by atoms with Gasteiger partial charge in [-0.2, -0.15) is 0 Å². The molecule has 0 radical (unpaired) electrons. The summed E-state index contributed by atoms with van der Waals surface area (Å²) in [6, 6.07) is 145. The Balaban J connectivity index is 0.0000000792. The molecule has 0 fully saturated rings. The molecule has 0 bridgehead atoms. The zero-order chi connectivity index (χ0) is 89.2. The smallest absolute Gasteiger partial charge is 0.248 e. The van der Waals surface area contributed by atoms with Crippen molar-refractivity contribution in [2.45, 2.75) is 27.7 Å². The number of para-hydroxylation sites is 9. The minimum absolute atomic E-state index is 0.263. The van der Waals surface area contributed by atoms with E-state index in [1.807, 2.05) is 12.1 Å². The van der Waals surface area contributed by atoms with Crippen molar-refractivity contribution in [3.05, 3.63) is 428 Å². The predicted octanol–water partition coefficient (Wildman–Crippen LogP) is 19.8. The molecular formula is C125H77B5N6. The van der Waals surface area contributed by atoms with E-state index in [0.29, 0.717) is 26.9 Å². The Labute approximate surface area is 787 Å². The highest BCUT2D eigenvalue weighted by Crippen LogP contribution is 2.47. The van der Waals surface area contributed by atoms with Gasteiger partial charge in [0.2, 0.25) is 33.6 Å². The monoisotopic (exact) mass is 1720 g/mol. The standard InChI is InChI=1S/C25H13BN2.4C25H16BN/c1-27-20-12-6-13-21-23(20)17-9-4-11-19-25(17)28(21)22-14-5-8-16-15-7-2-3-10-18(15)26(19)24(16)22;1-15-13-14-22-24-23(15)18-8-2-4-10-19(18)26(24)20-11-6-9-17-16-7-3-5-12-21(16)27(22)25(17)20;1-15-13-19-16-7-2-4-10-20(16)26-21-11-6-9-18-17-8-3-5-12-22(17)27(25(18)21)23(14-15)24(19)26;1-15-13-14-18-16-7-2-4-10-20(16)26-21-11-6-9-19-17-8-3-5-12-22(17)27(25(19)21)24(15)23(18)26;1-15-7-4-11-19-23(15)18-10-6-14-22-24(18)26(19)20-12-5-9-17-16-8-2-3-13-21(16)27(22)25(17)20/h2-14H;4*2-14H,1H3. The van der Waals surface area contributed by atoms with Crippen LogP contribution in [0.3, 0.4) is 0 Å². The third-order valence-corrected chi connectivity index (χ3v) is 32.5. The highest BCUT2D eigenvalue weighted by Gasteiger charge is 2.48. The van der Waals surface area contributed by atoms with Gasteiger partial charge in [0.15, 0.2) is 5.69 Å². The van der Waals surface area contributed by atoms with Crippen molar-refractivity contribution in [1.82, 2.24) is 22.8 Å². The summed E-state index contributed by atoms with van der Waals surface area (Å²) in [6.45, 7) is 18.3. The van der Waals surface area contributed by atoms with Crippen LogP contribution in [-0.4, -0.2) is 56.4 Å². The second-order valence-electron chi connectivity index (χ2n) is 38.9. The van der Waals surface area contributed by atoms with E-state index in [9.17, 15) is 0 Å². The molecule has 0 saturated heterocycles. The summed E-state index contributed by atoms with van der Waals surface area (Å²) in [4.78, 5) is 3.83. The molecule has 0 saturated carbocycles. The zero-order valence-corrected chi connectivity index (χ0v) is 75.1. The Hall–Kier alpha value is -16.8. The summed E-state index contributed by atoms with van der Waals surface area (Å²) >= 11 is 0. The van der Waals surface area contributed by atoms with Crippen LogP contribution in [0.25, 0.3) is 198 Å². The van der Waals surface area contributed by atoms with E-state index < -0.39 is 0 Å². The first kappa shape index (κ1) is 74.8. The zero-order valence-electron chi connectivity index (χ0n) is 75.1. The molecule has 136 heavy (non-hydrogen) atoms. The van der Waals surface area contributed by atoms with Gasteiger partial charge in [0, 0.05) is 110 Å². The van der Waals surface area contributed by atoms with E-state index in [2.05, 4.69) is 438 Å². The predicted molar refractivity (Wildman–Crippen MR) is 580 cm³/mol. The van der Waals surface area contributed by atoms with Crippen LogP contribution in [0.15, 0.2) is 394 Å². The van der Waals surface area contributed by atoms with E-state index in [1.165, 1.54) is 286 Å². The van der Waals surface area contributed by atoms with Crippen molar-refractivity contribution in [1.29, 1.82) is 0 Å². The molecule has 0 spiro atoms. The highest BCUT2D eigenvalue weighted by atomic mass is 15.0. The van der Waals surface area contributed by atoms with Gasteiger partial charge >= 0.3 is 0 Å².